The van der Waals surface area contributed by atoms with E-state index in [4.69, 9.17) is 9.72 Å². The molecule has 3 aliphatic heterocycles. The smallest absolute Gasteiger partial charge is 0.260 e. The zero-order valence-corrected chi connectivity index (χ0v) is 18.7. The Morgan fingerprint density at radius 3 is 2.68 bits per heavy atom. The zero-order chi connectivity index (χ0) is 21.4. The van der Waals surface area contributed by atoms with E-state index in [1.165, 1.54) is 42.8 Å². The molecule has 1 amide bonds. The van der Waals surface area contributed by atoms with E-state index < -0.39 is 0 Å². The number of anilines is 1. The molecule has 2 atom stereocenters. The highest BCUT2D eigenvalue weighted by molar-refractivity contribution is 7.15. The Hall–Kier alpha value is -2.19. The Balaban J connectivity index is 1.21. The van der Waals surface area contributed by atoms with Gasteiger partial charge in [0.15, 0.2) is 11.7 Å². The molecule has 6 nitrogen and oxygen atoms in total. The molecule has 3 aliphatic rings. The van der Waals surface area contributed by atoms with E-state index in [2.05, 4.69) is 16.7 Å². The summed E-state index contributed by atoms with van der Waals surface area (Å²) >= 11 is 1.76. The van der Waals surface area contributed by atoms with E-state index in [9.17, 15) is 9.18 Å². The van der Waals surface area contributed by atoms with Gasteiger partial charge in [-0.1, -0.05) is 18.3 Å². The van der Waals surface area contributed by atoms with Crippen molar-refractivity contribution in [2.24, 2.45) is 0 Å². The fourth-order valence-electron chi connectivity index (χ4n) is 5.07. The first-order valence-corrected chi connectivity index (χ1v) is 12.1. The second kappa shape index (κ2) is 8.74. The lowest BCUT2D eigenvalue weighted by atomic mass is 10.2. The van der Waals surface area contributed by atoms with Crippen molar-refractivity contribution in [2.45, 2.75) is 51.2 Å². The predicted molar refractivity (Wildman–Crippen MR) is 119 cm³/mol. The molecule has 0 saturated carbocycles. The lowest BCUT2D eigenvalue weighted by Crippen LogP contribution is -2.54. The van der Waals surface area contributed by atoms with Gasteiger partial charge in [0.25, 0.3) is 5.91 Å². The number of thiazole rings is 1. The third-order valence-corrected chi connectivity index (χ3v) is 7.66. The normalized spacial score (nSPS) is 23.2. The van der Waals surface area contributed by atoms with Crippen LogP contribution in [0.3, 0.4) is 0 Å². The Bertz CT molecular complexity index is 920. The molecule has 2 fully saturated rings. The molecule has 1 aromatic heterocycles. The number of aromatic nitrogens is 1. The van der Waals surface area contributed by atoms with Crippen LogP contribution < -0.4 is 9.64 Å². The number of carbonyl (C=O) groups is 1. The Morgan fingerprint density at radius 1 is 1.23 bits per heavy atom. The van der Waals surface area contributed by atoms with Crippen molar-refractivity contribution < 1.29 is 13.9 Å². The molecule has 166 valence electrons. The summed E-state index contributed by atoms with van der Waals surface area (Å²) in [7, 11) is 0. The Morgan fingerprint density at radius 2 is 1.97 bits per heavy atom. The number of nitrogens with zero attached hydrogens (tertiary/aromatic N) is 4. The van der Waals surface area contributed by atoms with Gasteiger partial charge in [-0.3, -0.25) is 9.69 Å². The van der Waals surface area contributed by atoms with Crippen molar-refractivity contribution >= 4 is 22.4 Å². The van der Waals surface area contributed by atoms with Gasteiger partial charge in [0.05, 0.1) is 12.2 Å². The van der Waals surface area contributed by atoms with Crippen molar-refractivity contribution in [3.8, 4) is 5.75 Å². The molecule has 2 saturated heterocycles. The summed E-state index contributed by atoms with van der Waals surface area (Å²) in [5.41, 5.74) is 1.15. The topological polar surface area (TPSA) is 48.9 Å². The average Bonchev–Trinajstić information content (AvgIpc) is 3.30. The van der Waals surface area contributed by atoms with E-state index in [1.807, 2.05) is 4.90 Å². The fourth-order valence-corrected chi connectivity index (χ4v) is 6.34. The highest BCUT2D eigenvalue weighted by atomic mass is 32.1. The number of ether oxygens (including phenoxy) is 1. The summed E-state index contributed by atoms with van der Waals surface area (Å²) < 4.78 is 18.6. The first kappa shape index (κ1) is 20.7. The molecule has 31 heavy (non-hydrogen) atoms. The number of amides is 1. The number of benzene rings is 1. The third-order valence-electron chi connectivity index (χ3n) is 6.57. The number of likely N-dealkylation sites (tertiary alicyclic amines) is 1. The average molecular weight is 445 g/mol. The molecule has 0 N–H and O–H groups in total. The highest BCUT2D eigenvalue weighted by Gasteiger charge is 2.41. The molecular formula is C23H29FN4O2S. The van der Waals surface area contributed by atoms with E-state index >= 15 is 0 Å². The Labute approximate surface area is 186 Å². The summed E-state index contributed by atoms with van der Waals surface area (Å²) in [5, 5.41) is 1.14. The molecule has 0 spiro atoms. The maximum atomic E-state index is 13.0. The number of hydrogen-bond acceptors (Lipinski definition) is 6. The quantitative estimate of drug-likeness (QED) is 0.684. The molecule has 4 heterocycles. The summed E-state index contributed by atoms with van der Waals surface area (Å²) in [4.78, 5) is 25.9. The number of hydrogen-bond donors (Lipinski definition) is 0. The van der Waals surface area contributed by atoms with Crippen LogP contribution in [0.15, 0.2) is 24.3 Å². The maximum Gasteiger partial charge on any atom is 0.260 e. The van der Waals surface area contributed by atoms with Crippen LogP contribution in [0.2, 0.25) is 0 Å². The van der Waals surface area contributed by atoms with Crippen LogP contribution in [-0.4, -0.2) is 65.6 Å². The molecule has 2 unspecified atom stereocenters. The molecule has 1 aromatic carbocycles. The molecule has 2 bridgehead atoms. The number of halogens is 1. The highest BCUT2D eigenvalue weighted by Crippen LogP contribution is 2.39. The maximum absolute atomic E-state index is 13.0. The zero-order valence-electron chi connectivity index (χ0n) is 17.9. The lowest BCUT2D eigenvalue weighted by Gasteiger charge is -2.41. The van der Waals surface area contributed by atoms with E-state index in [0.717, 1.165) is 30.3 Å². The SMILES string of the molecule is CCCN1CC2CCC(C1)N2c1nc2c(s1)CN(C(=O)COc1ccc(F)cc1)CC2. The van der Waals surface area contributed by atoms with Crippen LogP contribution in [0, 0.1) is 5.82 Å². The van der Waals surface area contributed by atoms with Gasteiger partial charge in [-0.15, -0.1) is 0 Å². The number of fused-ring (bicyclic) bond motifs is 3. The van der Waals surface area contributed by atoms with Crippen molar-refractivity contribution in [1.82, 2.24) is 14.8 Å². The molecule has 8 heteroatoms. The summed E-state index contributed by atoms with van der Waals surface area (Å²) in [6.45, 7) is 6.95. The van der Waals surface area contributed by atoms with Gasteiger partial charge in [0, 0.05) is 43.0 Å². The van der Waals surface area contributed by atoms with E-state index in [1.54, 1.807) is 23.5 Å². The second-order valence-corrected chi connectivity index (χ2v) is 9.79. The third kappa shape index (κ3) is 4.28. The standard InChI is InChI=1S/C23H29FN4O2S/c1-2-10-26-12-17-5-6-18(13-26)28(17)23-25-20-9-11-27(14-21(20)31-23)22(29)15-30-19-7-3-16(24)4-8-19/h3-4,7-8,17-18H,2,5-6,9-15H2,1H3. The second-order valence-electron chi connectivity index (χ2n) is 8.73. The minimum atomic E-state index is -0.316. The van der Waals surface area contributed by atoms with Gasteiger partial charge in [-0.25, -0.2) is 9.37 Å². The summed E-state index contributed by atoms with van der Waals surface area (Å²) in [6, 6.07) is 6.89. The van der Waals surface area contributed by atoms with Gasteiger partial charge >= 0.3 is 0 Å². The lowest BCUT2D eigenvalue weighted by molar-refractivity contribution is -0.134. The Kier molecular flexibility index (Phi) is 5.84. The van der Waals surface area contributed by atoms with Gasteiger partial charge in [-0.05, 0) is 50.1 Å². The van der Waals surface area contributed by atoms with Crippen LogP contribution in [0.1, 0.15) is 36.8 Å². The number of piperazine rings is 1. The first-order chi connectivity index (χ1) is 15.1. The van der Waals surface area contributed by atoms with Crippen LogP contribution in [0.4, 0.5) is 9.52 Å². The van der Waals surface area contributed by atoms with Crippen LogP contribution in [0.25, 0.3) is 0 Å². The van der Waals surface area contributed by atoms with Crippen molar-refractivity contribution in [3.63, 3.8) is 0 Å². The van der Waals surface area contributed by atoms with Gasteiger partial charge < -0.3 is 14.5 Å². The fraction of sp³-hybridized carbons (Fsp3) is 0.565. The minimum absolute atomic E-state index is 0.0316. The van der Waals surface area contributed by atoms with E-state index in [0.29, 0.717) is 30.9 Å². The number of rotatable bonds is 6. The molecule has 0 radical (unpaired) electrons. The molecule has 0 aliphatic carbocycles. The van der Waals surface area contributed by atoms with Gasteiger partial charge in [0.2, 0.25) is 0 Å². The van der Waals surface area contributed by atoms with Crippen molar-refractivity contribution in [1.29, 1.82) is 0 Å². The van der Waals surface area contributed by atoms with Crippen LogP contribution >= 0.6 is 11.3 Å². The van der Waals surface area contributed by atoms with Crippen LogP contribution in [-0.2, 0) is 17.8 Å². The predicted octanol–water partition coefficient (Wildman–Crippen LogP) is 3.31. The molecular weight excluding hydrogens is 415 g/mol. The van der Waals surface area contributed by atoms with Crippen molar-refractivity contribution in [2.75, 3.05) is 37.7 Å². The first-order valence-electron chi connectivity index (χ1n) is 11.3. The largest absolute Gasteiger partial charge is 0.484 e. The van der Waals surface area contributed by atoms with E-state index in [-0.39, 0.29) is 18.3 Å². The molecule has 5 rings (SSSR count). The van der Waals surface area contributed by atoms with Crippen molar-refractivity contribution in [3.05, 3.63) is 40.7 Å². The van der Waals surface area contributed by atoms with Crippen LogP contribution in [0.5, 0.6) is 5.75 Å². The van der Waals surface area contributed by atoms with Gasteiger partial charge in [0.1, 0.15) is 11.6 Å². The summed E-state index contributed by atoms with van der Waals surface area (Å²) in [6.07, 6.45) is 4.50. The monoisotopic (exact) mass is 444 g/mol. The minimum Gasteiger partial charge on any atom is -0.484 e. The number of carbonyl (C=O) groups excluding carboxylic acids is 1. The van der Waals surface area contributed by atoms with Gasteiger partial charge in [-0.2, -0.15) is 0 Å². The molecule has 2 aromatic rings. The summed E-state index contributed by atoms with van der Waals surface area (Å²) in [5.74, 6) is 0.145.